The Morgan fingerprint density at radius 1 is 1.00 bits per heavy atom. The van der Waals surface area contributed by atoms with Gasteiger partial charge in [-0.3, -0.25) is 0 Å². The SMILES string of the molecule is CCSC(SCC)c1c(OC)cc(C)cc1OC. The minimum Gasteiger partial charge on any atom is -0.496 e. The third-order valence-corrected chi connectivity index (χ3v) is 5.12. The van der Waals surface area contributed by atoms with E-state index >= 15 is 0 Å². The fourth-order valence-corrected chi connectivity index (χ4v) is 4.42. The molecule has 0 aromatic heterocycles. The smallest absolute Gasteiger partial charge is 0.128 e. The standard InChI is InChI=1S/C14H22O2S2/c1-6-17-14(18-7-2)13-11(15-4)8-10(3)9-12(13)16-5/h8-9,14H,6-7H2,1-5H3. The van der Waals surface area contributed by atoms with Crippen LogP contribution in [0.25, 0.3) is 0 Å². The number of methoxy groups -OCH3 is 2. The lowest BCUT2D eigenvalue weighted by atomic mass is 10.1. The second-order valence-corrected chi connectivity index (χ2v) is 6.89. The summed E-state index contributed by atoms with van der Waals surface area (Å²) >= 11 is 3.84. The molecule has 0 aliphatic carbocycles. The van der Waals surface area contributed by atoms with E-state index in [0.29, 0.717) is 4.58 Å². The van der Waals surface area contributed by atoms with Crippen molar-refractivity contribution in [2.75, 3.05) is 25.7 Å². The molecule has 18 heavy (non-hydrogen) atoms. The first-order valence-corrected chi connectivity index (χ1v) is 8.23. The van der Waals surface area contributed by atoms with Gasteiger partial charge in [-0.2, -0.15) is 0 Å². The first kappa shape index (κ1) is 15.6. The second kappa shape index (κ2) is 7.85. The molecule has 0 spiro atoms. The number of aryl methyl sites for hydroxylation is 1. The van der Waals surface area contributed by atoms with E-state index in [0.717, 1.165) is 28.6 Å². The highest BCUT2D eigenvalue weighted by atomic mass is 32.2. The maximum Gasteiger partial charge on any atom is 0.128 e. The monoisotopic (exact) mass is 286 g/mol. The molecule has 0 saturated heterocycles. The Labute approximate surface area is 119 Å². The van der Waals surface area contributed by atoms with Gasteiger partial charge in [0.15, 0.2) is 0 Å². The summed E-state index contributed by atoms with van der Waals surface area (Å²) in [5.74, 6) is 4.02. The summed E-state index contributed by atoms with van der Waals surface area (Å²) in [5, 5.41) is 0. The molecule has 0 unspecified atom stereocenters. The van der Waals surface area contributed by atoms with E-state index in [2.05, 4.69) is 32.9 Å². The van der Waals surface area contributed by atoms with Crippen molar-refractivity contribution in [3.8, 4) is 11.5 Å². The Bertz CT molecular complexity index is 349. The van der Waals surface area contributed by atoms with Crippen molar-refractivity contribution in [3.05, 3.63) is 23.3 Å². The van der Waals surface area contributed by atoms with Gasteiger partial charge in [0.05, 0.1) is 24.4 Å². The van der Waals surface area contributed by atoms with Gasteiger partial charge in [0.25, 0.3) is 0 Å². The molecule has 0 atom stereocenters. The molecule has 0 bridgehead atoms. The Kier molecular flexibility index (Phi) is 6.79. The Morgan fingerprint density at radius 2 is 1.44 bits per heavy atom. The topological polar surface area (TPSA) is 18.5 Å². The molecular weight excluding hydrogens is 264 g/mol. The molecule has 4 heteroatoms. The van der Waals surface area contributed by atoms with Crippen LogP contribution in [0.4, 0.5) is 0 Å². The van der Waals surface area contributed by atoms with Gasteiger partial charge >= 0.3 is 0 Å². The summed E-state index contributed by atoms with van der Waals surface area (Å²) in [5.41, 5.74) is 2.33. The minimum absolute atomic E-state index is 0.366. The average molecular weight is 286 g/mol. The van der Waals surface area contributed by atoms with E-state index in [1.165, 1.54) is 5.56 Å². The lowest BCUT2D eigenvalue weighted by Gasteiger charge is -2.21. The van der Waals surface area contributed by atoms with Crippen molar-refractivity contribution in [1.29, 1.82) is 0 Å². The molecule has 1 rings (SSSR count). The van der Waals surface area contributed by atoms with Crippen LogP contribution < -0.4 is 9.47 Å². The second-order valence-electron chi connectivity index (χ2n) is 3.83. The van der Waals surface area contributed by atoms with E-state index < -0.39 is 0 Å². The van der Waals surface area contributed by atoms with Crippen LogP contribution in [0.15, 0.2) is 12.1 Å². The van der Waals surface area contributed by atoms with Crippen LogP contribution in [0, 0.1) is 6.92 Å². The molecule has 0 radical (unpaired) electrons. The predicted molar refractivity (Wildman–Crippen MR) is 83.3 cm³/mol. The van der Waals surface area contributed by atoms with E-state index in [1.54, 1.807) is 14.2 Å². The lowest BCUT2D eigenvalue weighted by molar-refractivity contribution is 0.387. The number of rotatable bonds is 7. The van der Waals surface area contributed by atoms with Crippen molar-refractivity contribution in [1.82, 2.24) is 0 Å². The largest absolute Gasteiger partial charge is 0.496 e. The van der Waals surface area contributed by atoms with Gasteiger partial charge < -0.3 is 9.47 Å². The summed E-state index contributed by atoms with van der Waals surface area (Å²) < 4.78 is 11.4. The van der Waals surface area contributed by atoms with E-state index in [1.807, 2.05) is 23.5 Å². The molecule has 0 amide bonds. The number of ether oxygens (including phenoxy) is 2. The van der Waals surface area contributed by atoms with Crippen molar-refractivity contribution >= 4 is 23.5 Å². The summed E-state index contributed by atoms with van der Waals surface area (Å²) in [4.78, 5) is 0. The van der Waals surface area contributed by atoms with E-state index in [9.17, 15) is 0 Å². The zero-order valence-electron chi connectivity index (χ0n) is 11.8. The van der Waals surface area contributed by atoms with Crippen LogP contribution in [-0.2, 0) is 0 Å². The maximum atomic E-state index is 5.54. The first-order chi connectivity index (χ1) is 8.67. The van der Waals surface area contributed by atoms with Crippen molar-refractivity contribution in [2.24, 2.45) is 0 Å². The maximum absolute atomic E-state index is 5.54. The molecule has 102 valence electrons. The number of benzene rings is 1. The Hall–Kier alpha value is -0.480. The van der Waals surface area contributed by atoms with E-state index in [4.69, 9.17) is 9.47 Å². The average Bonchev–Trinajstić information content (AvgIpc) is 2.37. The molecule has 1 aromatic rings. The highest BCUT2D eigenvalue weighted by Gasteiger charge is 2.21. The van der Waals surface area contributed by atoms with Gasteiger partial charge in [-0.15, -0.1) is 23.5 Å². The molecule has 0 aliphatic heterocycles. The zero-order valence-corrected chi connectivity index (χ0v) is 13.4. The van der Waals surface area contributed by atoms with Gasteiger partial charge in [0.1, 0.15) is 11.5 Å². The molecule has 0 aliphatic rings. The van der Waals surface area contributed by atoms with Gasteiger partial charge in [0, 0.05) is 0 Å². The number of thioether (sulfide) groups is 2. The number of hydrogen-bond donors (Lipinski definition) is 0. The van der Waals surface area contributed by atoms with Crippen LogP contribution in [0.5, 0.6) is 11.5 Å². The molecule has 0 N–H and O–H groups in total. The van der Waals surface area contributed by atoms with Crippen molar-refractivity contribution < 1.29 is 9.47 Å². The van der Waals surface area contributed by atoms with Gasteiger partial charge in [-0.25, -0.2) is 0 Å². The molecule has 0 saturated carbocycles. The van der Waals surface area contributed by atoms with Crippen LogP contribution in [0.3, 0.4) is 0 Å². The molecule has 0 fully saturated rings. The van der Waals surface area contributed by atoms with Crippen molar-refractivity contribution in [3.63, 3.8) is 0 Å². The van der Waals surface area contributed by atoms with Crippen molar-refractivity contribution in [2.45, 2.75) is 25.4 Å². The van der Waals surface area contributed by atoms with Gasteiger partial charge in [-0.05, 0) is 36.1 Å². The summed E-state index contributed by atoms with van der Waals surface area (Å²) in [6.45, 7) is 6.42. The third kappa shape index (κ3) is 3.75. The fraction of sp³-hybridized carbons (Fsp3) is 0.571. The Morgan fingerprint density at radius 3 is 1.78 bits per heavy atom. The quantitative estimate of drug-likeness (QED) is 0.686. The zero-order chi connectivity index (χ0) is 13.5. The van der Waals surface area contributed by atoms with E-state index in [-0.39, 0.29) is 0 Å². The summed E-state index contributed by atoms with van der Waals surface area (Å²) in [6, 6.07) is 4.16. The Balaban J connectivity index is 3.23. The van der Waals surface area contributed by atoms with Crippen LogP contribution in [0.1, 0.15) is 29.6 Å². The molecule has 0 heterocycles. The molecular formula is C14H22O2S2. The van der Waals surface area contributed by atoms with Crippen LogP contribution in [-0.4, -0.2) is 25.7 Å². The van der Waals surface area contributed by atoms with Gasteiger partial charge in [-0.1, -0.05) is 13.8 Å². The highest BCUT2D eigenvalue weighted by molar-refractivity contribution is 8.16. The normalized spacial score (nSPS) is 10.8. The first-order valence-electron chi connectivity index (χ1n) is 6.13. The van der Waals surface area contributed by atoms with Crippen LogP contribution in [0.2, 0.25) is 0 Å². The summed E-state index contributed by atoms with van der Waals surface area (Å²) in [6.07, 6.45) is 0. The van der Waals surface area contributed by atoms with Crippen LogP contribution >= 0.6 is 23.5 Å². The highest BCUT2D eigenvalue weighted by Crippen LogP contribution is 2.47. The van der Waals surface area contributed by atoms with Gasteiger partial charge in [0.2, 0.25) is 0 Å². The molecule has 2 nitrogen and oxygen atoms in total. The number of hydrogen-bond acceptors (Lipinski definition) is 4. The third-order valence-electron chi connectivity index (χ3n) is 2.56. The minimum atomic E-state index is 0.366. The lowest BCUT2D eigenvalue weighted by Crippen LogP contribution is -2.01. The predicted octanol–water partition coefficient (Wildman–Crippen LogP) is 4.52. The summed E-state index contributed by atoms with van der Waals surface area (Å²) in [7, 11) is 3.45. The fourth-order valence-electron chi connectivity index (χ4n) is 1.82. The molecule has 1 aromatic carbocycles.